The van der Waals surface area contributed by atoms with Gasteiger partial charge in [0.15, 0.2) is 0 Å². The fourth-order valence-electron chi connectivity index (χ4n) is 1.92. The summed E-state index contributed by atoms with van der Waals surface area (Å²) in [6.07, 6.45) is 3.89. The summed E-state index contributed by atoms with van der Waals surface area (Å²) in [5, 5.41) is 0. The minimum Gasteiger partial charge on any atom is -0.303 e. The highest BCUT2D eigenvalue weighted by Gasteiger charge is 2.12. The van der Waals surface area contributed by atoms with Crippen LogP contribution in [0.3, 0.4) is 0 Å². The van der Waals surface area contributed by atoms with Crippen LogP contribution < -0.4 is 0 Å². The first kappa shape index (κ1) is 15.3. The van der Waals surface area contributed by atoms with Crippen LogP contribution in [0.4, 0.5) is 0 Å². The Balaban J connectivity index is 3.94. The van der Waals surface area contributed by atoms with Gasteiger partial charge in [0.25, 0.3) is 0 Å². The Morgan fingerprint density at radius 3 is 2.20 bits per heavy atom. The summed E-state index contributed by atoms with van der Waals surface area (Å²) in [5.74, 6) is 2.64. The van der Waals surface area contributed by atoms with E-state index in [1.54, 1.807) is 0 Å². The second-order valence-electron chi connectivity index (χ2n) is 4.70. The molecule has 0 heterocycles. The van der Waals surface area contributed by atoms with Crippen molar-refractivity contribution < 1.29 is 0 Å². The van der Waals surface area contributed by atoms with Gasteiger partial charge in [0.2, 0.25) is 0 Å². The van der Waals surface area contributed by atoms with Crippen LogP contribution in [0.1, 0.15) is 47.0 Å². The van der Waals surface area contributed by atoms with E-state index >= 15 is 0 Å². The number of nitrogens with zero attached hydrogens (tertiary/aromatic N) is 1. The van der Waals surface area contributed by atoms with E-state index in [-0.39, 0.29) is 0 Å². The normalized spacial score (nSPS) is 15.6. The van der Waals surface area contributed by atoms with Crippen molar-refractivity contribution in [1.82, 2.24) is 4.90 Å². The summed E-state index contributed by atoms with van der Waals surface area (Å²) >= 11 is 4.45. The van der Waals surface area contributed by atoms with Gasteiger partial charge in [-0.15, -0.1) is 0 Å². The summed E-state index contributed by atoms with van der Waals surface area (Å²) in [5.41, 5.74) is 0. The molecule has 15 heavy (non-hydrogen) atoms. The van der Waals surface area contributed by atoms with Gasteiger partial charge in [-0.2, -0.15) is 12.6 Å². The van der Waals surface area contributed by atoms with Crippen LogP contribution in [0.25, 0.3) is 0 Å². The van der Waals surface area contributed by atoms with Gasteiger partial charge in [-0.1, -0.05) is 40.5 Å². The number of hydrogen-bond acceptors (Lipinski definition) is 2. The summed E-state index contributed by atoms with van der Waals surface area (Å²) in [4.78, 5) is 2.59. The van der Waals surface area contributed by atoms with Crippen LogP contribution >= 0.6 is 12.6 Å². The minimum atomic E-state index is 0.780. The van der Waals surface area contributed by atoms with Crippen molar-refractivity contribution in [2.24, 2.45) is 11.8 Å². The Kier molecular flexibility index (Phi) is 9.73. The molecule has 0 rings (SSSR count). The molecule has 0 aromatic heterocycles. The molecule has 0 aromatic rings. The van der Waals surface area contributed by atoms with Gasteiger partial charge in [-0.3, -0.25) is 0 Å². The quantitative estimate of drug-likeness (QED) is 0.592. The molecule has 0 aromatic carbocycles. The maximum Gasteiger partial charge on any atom is 0.00174 e. The fourth-order valence-corrected chi connectivity index (χ4v) is 2.21. The molecule has 0 fully saturated rings. The molecule has 0 amide bonds. The molecule has 2 atom stereocenters. The van der Waals surface area contributed by atoms with Gasteiger partial charge in [-0.25, -0.2) is 0 Å². The molecule has 0 saturated carbocycles. The Labute approximate surface area is 102 Å². The van der Waals surface area contributed by atoms with Gasteiger partial charge < -0.3 is 4.90 Å². The highest BCUT2D eigenvalue weighted by Crippen LogP contribution is 2.12. The zero-order valence-electron chi connectivity index (χ0n) is 11.0. The molecule has 0 bridgehead atoms. The second kappa shape index (κ2) is 9.53. The maximum absolute atomic E-state index is 4.45. The Bertz CT molecular complexity index is 138. The van der Waals surface area contributed by atoms with E-state index in [2.05, 4.69) is 45.2 Å². The molecule has 1 nitrogen and oxygen atoms in total. The van der Waals surface area contributed by atoms with Crippen molar-refractivity contribution >= 4 is 12.6 Å². The predicted molar refractivity (Wildman–Crippen MR) is 73.8 cm³/mol. The van der Waals surface area contributed by atoms with Crippen molar-refractivity contribution in [2.45, 2.75) is 47.0 Å². The molecular formula is C13H29NS. The molecule has 0 saturated heterocycles. The van der Waals surface area contributed by atoms with Crippen molar-refractivity contribution in [2.75, 3.05) is 25.4 Å². The first-order chi connectivity index (χ1) is 7.17. The van der Waals surface area contributed by atoms with Gasteiger partial charge in [0, 0.05) is 13.1 Å². The van der Waals surface area contributed by atoms with Crippen LogP contribution in [0.5, 0.6) is 0 Å². The second-order valence-corrected chi connectivity index (χ2v) is 5.07. The van der Waals surface area contributed by atoms with E-state index in [4.69, 9.17) is 0 Å². The van der Waals surface area contributed by atoms with E-state index in [1.807, 2.05) is 0 Å². The van der Waals surface area contributed by atoms with E-state index < -0.39 is 0 Å². The lowest BCUT2D eigenvalue weighted by Crippen LogP contribution is -2.33. The number of rotatable bonds is 9. The van der Waals surface area contributed by atoms with Crippen molar-refractivity contribution in [3.05, 3.63) is 0 Å². The third kappa shape index (κ3) is 7.24. The van der Waals surface area contributed by atoms with Gasteiger partial charge >= 0.3 is 0 Å². The van der Waals surface area contributed by atoms with E-state index in [9.17, 15) is 0 Å². The molecule has 0 radical (unpaired) electrons. The predicted octanol–water partition coefficient (Wildman–Crippen LogP) is 3.70. The SMILES string of the molecule is CCCC(CS)CN(CC)CC(C)CC. The van der Waals surface area contributed by atoms with Crippen molar-refractivity contribution in [1.29, 1.82) is 0 Å². The monoisotopic (exact) mass is 231 g/mol. The molecule has 0 aliphatic rings. The maximum atomic E-state index is 4.45. The number of hydrogen-bond donors (Lipinski definition) is 1. The lowest BCUT2D eigenvalue weighted by atomic mass is 10.0. The molecular weight excluding hydrogens is 202 g/mol. The topological polar surface area (TPSA) is 3.24 Å². The van der Waals surface area contributed by atoms with Crippen molar-refractivity contribution in [3.8, 4) is 0 Å². The molecule has 2 heteroatoms. The fraction of sp³-hybridized carbons (Fsp3) is 1.00. The van der Waals surface area contributed by atoms with Crippen LogP contribution in [0, 0.1) is 11.8 Å². The van der Waals surface area contributed by atoms with Crippen LogP contribution in [-0.2, 0) is 0 Å². The standard InChI is InChI=1S/C13H29NS/c1-5-8-13(11-15)10-14(7-3)9-12(4)6-2/h12-13,15H,5-11H2,1-4H3. The molecule has 92 valence electrons. The highest BCUT2D eigenvalue weighted by molar-refractivity contribution is 7.80. The molecule has 2 unspecified atom stereocenters. The van der Waals surface area contributed by atoms with E-state index in [0.717, 1.165) is 17.6 Å². The van der Waals surface area contributed by atoms with Gasteiger partial charge in [0.05, 0.1) is 0 Å². The number of thiol groups is 1. The van der Waals surface area contributed by atoms with Crippen LogP contribution in [-0.4, -0.2) is 30.3 Å². The van der Waals surface area contributed by atoms with E-state index in [1.165, 1.54) is 38.9 Å². The average molecular weight is 231 g/mol. The third-order valence-corrected chi connectivity index (χ3v) is 3.70. The first-order valence-corrected chi connectivity index (χ1v) is 7.14. The average Bonchev–Trinajstić information content (AvgIpc) is 2.26. The molecule has 0 spiro atoms. The smallest absolute Gasteiger partial charge is 0.00174 e. The zero-order valence-corrected chi connectivity index (χ0v) is 11.9. The largest absolute Gasteiger partial charge is 0.303 e. The lowest BCUT2D eigenvalue weighted by molar-refractivity contribution is 0.213. The van der Waals surface area contributed by atoms with Gasteiger partial charge in [-0.05, 0) is 30.6 Å². The molecule has 0 N–H and O–H groups in total. The summed E-state index contributed by atoms with van der Waals surface area (Å²) in [7, 11) is 0. The van der Waals surface area contributed by atoms with E-state index in [0.29, 0.717) is 0 Å². The Morgan fingerprint density at radius 1 is 1.13 bits per heavy atom. The summed E-state index contributed by atoms with van der Waals surface area (Å²) in [6.45, 7) is 12.8. The third-order valence-electron chi connectivity index (χ3n) is 3.19. The zero-order chi connectivity index (χ0) is 11.7. The highest BCUT2D eigenvalue weighted by atomic mass is 32.1. The van der Waals surface area contributed by atoms with Crippen molar-refractivity contribution in [3.63, 3.8) is 0 Å². The van der Waals surface area contributed by atoms with Crippen LogP contribution in [0.2, 0.25) is 0 Å². The lowest BCUT2D eigenvalue weighted by Gasteiger charge is -2.27. The van der Waals surface area contributed by atoms with Gasteiger partial charge in [0.1, 0.15) is 0 Å². The first-order valence-electron chi connectivity index (χ1n) is 6.50. The minimum absolute atomic E-state index is 0.780. The Hall–Kier alpha value is 0.310. The summed E-state index contributed by atoms with van der Waals surface area (Å²) < 4.78 is 0. The Morgan fingerprint density at radius 2 is 1.80 bits per heavy atom. The summed E-state index contributed by atoms with van der Waals surface area (Å²) in [6, 6.07) is 0. The molecule has 0 aliphatic heterocycles. The van der Waals surface area contributed by atoms with Crippen LogP contribution in [0.15, 0.2) is 0 Å². The molecule has 0 aliphatic carbocycles.